The number of rotatable bonds is 9. The number of ether oxygens (including phenoxy) is 1. The van der Waals surface area contributed by atoms with Gasteiger partial charge in [-0.1, -0.05) is 13.3 Å². The standard InChI is InChI=1S/C20H32FN3O2S/c1-3-22-20(24-17-7-5-8-19(15-17)27(25)4-2)23-13-6-14-26-18-11-9-16(21)10-12-18/h9-12,17,19H,3-8,13-15H2,1-2H3,(H2,22,23,24). The first kappa shape index (κ1) is 21.7. The summed E-state index contributed by atoms with van der Waals surface area (Å²) in [6, 6.07) is 6.37. The maximum Gasteiger partial charge on any atom is 0.191 e. The van der Waals surface area contributed by atoms with Gasteiger partial charge in [0, 0.05) is 47.4 Å². The Kier molecular flexibility index (Phi) is 9.59. The Labute approximate surface area is 164 Å². The summed E-state index contributed by atoms with van der Waals surface area (Å²) < 4.78 is 30.6. The predicted octanol–water partition coefficient (Wildman–Crippen LogP) is 3.23. The zero-order chi connectivity index (χ0) is 19.5. The second-order valence-corrected chi connectivity index (χ2v) is 8.72. The summed E-state index contributed by atoms with van der Waals surface area (Å²) in [6.45, 7) is 6.02. The summed E-state index contributed by atoms with van der Waals surface area (Å²) in [5.74, 6) is 1.95. The minimum Gasteiger partial charge on any atom is -0.494 e. The van der Waals surface area contributed by atoms with E-state index in [2.05, 4.69) is 15.6 Å². The highest BCUT2D eigenvalue weighted by molar-refractivity contribution is 7.85. The van der Waals surface area contributed by atoms with E-state index in [1.807, 2.05) is 13.8 Å². The largest absolute Gasteiger partial charge is 0.494 e. The molecule has 7 heteroatoms. The summed E-state index contributed by atoms with van der Waals surface area (Å²) >= 11 is 0. The van der Waals surface area contributed by atoms with Crippen molar-refractivity contribution in [1.82, 2.24) is 10.6 Å². The molecule has 1 aromatic carbocycles. The highest BCUT2D eigenvalue weighted by Crippen LogP contribution is 2.23. The van der Waals surface area contributed by atoms with Crippen LogP contribution in [-0.4, -0.2) is 46.9 Å². The summed E-state index contributed by atoms with van der Waals surface area (Å²) in [6.07, 6.45) is 4.99. The van der Waals surface area contributed by atoms with Crippen molar-refractivity contribution in [2.45, 2.75) is 57.2 Å². The molecule has 1 aromatic rings. The Bertz CT molecular complexity index is 610. The fourth-order valence-corrected chi connectivity index (χ4v) is 4.59. The van der Waals surface area contributed by atoms with Crippen LogP contribution >= 0.6 is 0 Å². The van der Waals surface area contributed by atoms with Gasteiger partial charge in [0.05, 0.1) is 6.61 Å². The van der Waals surface area contributed by atoms with E-state index >= 15 is 0 Å². The molecule has 3 unspecified atom stereocenters. The van der Waals surface area contributed by atoms with Crippen LogP contribution in [0.2, 0.25) is 0 Å². The molecule has 1 aliphatic rings. The van der Waals surface area contributed by atoms with Crippen LogP contribution in [0.4, 0.5) is 4.39 Å². The lowest BCUT2D eigenvalue weighted by atomic mass is 9.95. The molecule has 1 saturated carbocycles. The van der Waals surface area contributed by atoms with E-state index in [0.29, 0.717) is 30.2 Å². The SMILES string of the molecule is CCNC(=NCCCOc1ccc(F)cc1)NC1CCCC(S(=O)CC)C1. The molecule has 5 nitrogen and oxygen atoms in total. The predicted molar refractivity (Wildman–Crippen MR) is 110 cm³/mol. The van der Waals surface area contributed by atoms with Crippen LogP contribution in [0.5, 0.6) is 5.75 Å². The van der Waals surface area contributed by atoms with Crippen molar-refractivity contribution in [1.29, 1.82) is 0 Å². The van der Waals surface area contributed by atoms with Crippen molar-refractivity contribution >= 4 is 16.8 Å². The van der Waals surface area contributed by atoms with Crippen LogP contribution in [0.15, 0.2) is 29.3 Å². The normalized spacial score (nSPS) is 21.5. The molecule has 152 valence electrons. The zero-order valence-corrected chi connectivity index (χ0v) is 17.2. The summed E-state index contributed by atoms with van der Waals surface area (Å²) in [4.78, 5) is 4.62. The fraction of sp³-hybridized carbons (Fsp3) is 0.650. The number of hydrogen-bond donors (Lipinski definition) is 2. The van der Waals surface area contributed by atoms with E-state index in [4.69, 9.17) is 4.74 Å². The number of nitrogens with one attached hydrogen (secondary N) is 2. The number of aliphatic imine (C=N–C) groups is 1. The van der Waals surface area contributed by atoms with E-state index in [9.17, 15) is 8.60 Å². The van der Waals surface area contributed by atoms with Crippen molar-refractivity contribution in [2.75, 3.05) is 25.4 Å². The van der Waals surface area contributed by atoms with Crippen LogP contribution in [-0.2, 0) is 10.8 Å². The lowest BCUT2D eigenvalue weighted by molar-refractivity contribution is 0.313. The van der Waals surface area contributed by atoms with Gasteiger partial charge >= 0.3 is 0 Å². The number of halogens is 1. The van der Waals surface area contributed by atoms with Gasteiger partial charge in [-0.15, -0.1) is 0 Å². The topological polar surface area (TPSA) is 62.7 Å². The third-order valence-corrected chi connectivity index (χ3v) is 6.36. The van der Waals surface area contributed by atoms with Crippen LogP contribution in [0.3, 0.4) is 0 Å². The first-order valence-corrected chi connectivity index (χ1v) is 11.3. The molecular weight excluding hydrogens is 365 g/mol. The van der Waals surface area contributed by atoms with E-state index in [0.717, 1.165) is 50.4 Å². The smallest absolute Gasteiger partial charge is 0.191 e. The number of nitrogens with zero attached hydrogens (tertiary/aromatic N) is 1. The van der Waals surface area contributed by atoms with Crippen LogP contribution in [0.25, 0.3) is 0 Å². The molecule has 2 rings (SSSR count). The first-order valence-electron chi connectivity index (χ1n) is 9.92. The van der Waals surface area contributed by atoms with Gasteiger partial charge in [0.1, 0.15) is 11.6 Å². The maximum absolute atomic E-state index is 12.9. The highest BCUT2D eigenvalue weighted by Gasteiger charge is 2.25. The lowest BCUT2D eigenvalue weighted by Gasteiger charge is -2.30. The molecule has 0 spiro atoms. The van der Waals surface area contributed by atoms with E-state index < -0.39 is 10.8 Å². The molecule has 0 amide bonds. The zero-order valence-electron chi connectivity index (χ0n) is 16.4. The second-order valence-electron chi connectivity index (χ2n) is 6.72. The molecule has 0 saturated heterocycles. The van der Waals surface area contributed by atoms with Crippen molar-refractivity contribution < 1.29 is 13.3 Å². The third-order valence-electron chi connectivity index (χ3n) is 4.62. The minimum absolute atomic E-state index is 0.263. The minimum atomic E-state index is -0.721. The van der Waals surface area contributed by atoms with Crippen molar-refractivity contribution in [3.63, 3.8) is 0 Å². The van der Waals surface area contributed by atoms with Gasteiger partial charge < -0.3 is 15.4 Å². The molecule has 3 atom stereocenters. The number of guanidine groups is 1. The van der Waals surface area contributed by atoms with Gasteiger partial charge in [-0.3, -0.25) is 9.20 Å². The maximum atomic E-state index is 12.9. The molecule has 27 heavy (non-hydrogen) atoms. The highest BCUT2D eigenvalue weighted by atomic mass is 32.2. The quantitative estimate of drug-likeness (QED) is 0.382. The average molecular weight is 398 g/mol. The van der Waals surface area contributed by atoms with Crippen LogP contribution < -0.4 is 15.4 Å². The third kappa shape index (κ3) is 7.87. The molecule has 0 heterocycles. The Morgan fingerprint density at radius 3 is 2.78 bits per heavy atom. The Morgan fingerprint density at radius 2 is 2.07 bits per heavy atom. The van der Waals surface area contributed by atoms with Crippen LogP contribution in [0, 0.1) is 5.82 Å². The lowest BCUT2D eigenvalue weighted by Crippen LogP contribution is -2.46. The Morgan fingerprint density at radius 1 is 1.30 bits per heavy atom. The molecular formula is C20H32FN3O2S. The molecule has 0 bridgehead atoms. The molecule has 0 radical (unpaired) electrons. The van der Waals surface area contributed by atoms with Gasteiger partial charge in [0.15, 0.2) is 5.96 Å². The van der Waals surface area contributed by atoms with Crippen molar-refractivity contribution in [3.8, 4) is 5.75 Å². The van der Waals surface area contributed by atoms with E-state index in [1.54, 1.807) is 12.1 Å². The molecule has 1 aliphatic carbocycles. The summed E-state index contributed by atoms with van der Waals surface area (Å²) in [7, 11) is -0.721. The molecule has 1 fully saturated rings. The Hall–Kier alpha value is -1.63. The molecule has 0 aromatic heterocycles. The van der Waals surface area contributed by atoms with Crippen LogP contribution in [0.1, 0.15) is 46.0 Å². The van der Waals surface area contributed by atoms with Crippen molar-refractivity contribution in [3.05, 3.63) is 30.1 Å². The van der Waals surface area contributed by atoms with Gasteiger partial charge in [0.25, 0.3) is 0 Å². The van der Waals surface area contributed by atoms with E-state index in [1.165, 1.54) is 12.1 Å². The first-order chi connectivity index (χ1) is 13.1. The number of benzene rings is 1. The van der Waals surface area contributed by atoms with Crippen molar-refractivity contribution in [2.24, 2.45) is 4.99 Å². The van der Waals surface area contributed by atoms with Gasteiger partial charge in [-0.25, -0.2) is 4.39 Å². The van der Waals surface area contributed by atoms with Gasteiger partial charge in [-0.05, 0) is 50.5 Å². The average Bonchev–Trinajstić information content (AvgIpc) is 2.69. The molecule has 0 aliphatic heterocycles. The fourth-order valence-electron chi connectivity index (χ4n) is 3.24. The van der Waals surface area contributed by atoms with Gasteiger partial charge in [0.2, 0.25) is 0 Å². The molecule has 2 N–H and O–H groups in total. The van der Waals surface area contributed by atoms with Gasteiger partial charge in [-0.2, -0.15) is 0 Å². The Balaban J connectivity index is 1.76. The number of hydrogen-bond acceptors (Lipinski definition) is 3. The summed E-state index contributed by atoms with van der Waals surface area (Å²) in [5, 5.41) is 7.09. The monoisotopic (exact) mass is 397 g/mol. The summed E-state index contributed by atoms with van der Waals surface area (Å²) in [5.41, 5.74) is 0. The van der Waals surface area contributed by atoms with E-state index in [-0.39, 0.29) is 5.82 Å². The second kappa shape index (κ2) is 12.0.